The molecule has 0 aromatic carbocycles. The van der Waals surface area contributed by atoms with Crippen molar-refractivity contribution in [3.8, 4) is 0 Å². The van der Waals surface area contributed by atoms with Crippen LogP contribution in [-0.2, 0) is 14.3 Å². The van der Waals surface area contributed by atoms with E-state index in [0.717, 1.165) is 38.2 Å². The lowest BCUT2D eigenvalue weighted by Gasteiger charge is -2.36. The fourth-order valence-electron chi connectivity index (χ4n) is 3.02. The van der Waals surface area contributed by atoms with Crippen LogP contribution < -0.4 is 0 Å². The Morgan fingerprint density at radius 1 is 1.09 bits per heavy atom. The molecule has 2 saturated heterocycles. The van der Waals surface area contributed by atoms with E-state index >= 15 is 0 Å². The smallest absolute Gasteiger partial charge is 0.244 e. The quantitative estimate of drug-likeness (QED) is 0.823. The number of pyridine rings is 1. The first kappa shape index (κ1) is 15.4. The van der Waals surface area contributed by atoms with Crippen molar-refractivity contribution in [2.75, 3.05) is 52.6 Å². The minimum absolute atomic E-state index is 0.153. The highest BCUT2D eigenvalue weighted by atomic mass is 16.5. The van der Waals surface area contributed by atoms with Gasteiger partial charge in [0.15, 0.2) is 0 Å². The van der Waals surface area contributed by atoms with Crippen LogP contribution in [0.4, 0.5) is 0 Å². The van der Waals surface area contributed by atoms with Crippen LogP contribution >= 0.6 is 0 Å². The topological polar surface area (TPSA) is 54.9 Å². The van der Waals surface area contributed by atoms with Crippen LogP contribution in [0.1, 0.15) is 18.0 Å². The first-order valence-electron chi connectivity index (χ1n) is 7.94. The summed E-state index contributed by atoms with van der Waals surface area (Å²) in [6.07, 6.45) is 4.44. The highest BCUT2D eigenvalue weighted by molar-refractivity contribution is 5.83. The molecule has 1 aromatic heterocycles. The monoisotopic (exact) mass is 305 g/mol. The van der Waals surface area contributed by atoms with Gasteiger partial charge in [-0.05, 0) is 18.1 Å². The molecule has 2 fully saturated rings. The predicted molar refractivity (Wildman–Crippen MR) is 81.4 cm³/mol. The van der Waals surface area contributed by atoms with E-state index in [9.17, 15) is 4.79 Å². The van der Waals surface area contributed by atoms with Crippen LogP contribution in [0.3, 0.4) is 0 Å². The lowest BCUT2D eigenvalue weighted by atomic mass is 10.0. The number of aromatic nitrogens is 1. The van der Waals surface area contributed by atoms with E-state index in [2.05, 4.69) is 9.88 Å². The standard InChI is InChI=1S/C16H23N3O3/c20-16(19-5-2-9-21-12-8-19)15(14-3-1-4-17-13-14)18-6-10-22-11-7-18/h1,3-4,13,15H,2,5-12H2. The molecule has 0 radical (unpaired) electrons. The molecule has 6 heteroatoms. The number of ether oxygens (including phenoxy) is 2. The molecule has 1 atom stereocenters. The molecule has 22 heavy (non-hydrogen) atoms. The number of rotatable bonds is 3. The van der Waals surface area contributed by atoms with Gasteiger partial charge in [0, 0.05) is 45.2 Å². The summed E-state index contributed by atoms with van der Waals surface area (Å²) in [7, 11) is 0. The van der Waals surface area contributed by atoms with Crippen molar-refractivity contribution < 1.29 is 14.3 Å². The Hall–Kier alpha value is -1.50. The van der Waals surface area contributed by atoms with Gasteiger partial charge in [0.2, 0.25) is 5.91 Å². The molecule has 2 aliphatic heterocycles. The molecule has 1 amide bonds. The van der Waals surface area contributed by atoms with Gasteiger partial charge in [-0.2, -0.15) is 0 Å². The van der Waals surface area contributed by atoms with Gasteiger partial charge in [-0.1, -0.05) is 6.07 Å². The number of carbonyl (C=O) groups is 1. The third kappa shape index (κ3) is 3.63. The second-order valence-corrected chi connectivity index (χ2v) is 5.63. The molecule has 1 unspecified atom stereocenters. The number of hydrogen-bond donors (Lipinski definition) is 0. The lowest BCUT2D eigenvalue weighted by molar-refractivity contribution is -0.139. The third-order valence-corrected chi connectivity index (χ3v) is 4.18. The summed E-state index contributed by atoms with van der Waals surface area (Å²) < 4.78 is 10.9. The van der Waals surface area contributed by atoms with Crippen molar-refractivity contribution in [1.82, 2.24) is 14.8 Å². The van der Waals surface area contributed by atoms with Crippen LogP contribution in [0.25, 0.3) is 0 Å². The molecule has 0 aliphatic carbocycles. The Morgan fingerprint density at radius 2 is 1.86 bits per heavy atom. The fourth-order valence-corrected chi connectivity index (χ4v) is 3.02. The lowest BCUT2D eigenvalue weighted by Crippen LogP contribution is -2.47. The molecule has 6 nitrogen and oxygen atoms in total. The molecule has 0 N–H and O–H groups in total. The van der Waals surface area contributed by atoms with Gasteiger partial charge in [0.25, 0.3) is 0 Å². The predicted octanol–water partition coefficient (Wildman–Crippen LogP) is 0.704. The van der Waals surface area contributed by atoms with E-state index < -0.39 is 0 Å². The van der Waals surface area contributed by atoms with Crippen molar-refractivity contribution in [2.45, 2.75) is 12.5 Å². The molecular formula is C16H23N3O3. The number of morpholine rings is 1. The van der Waals surface area contributed by atoms with E-state index in [1.54, 1.807) is 12.4 Å². The van der Waals surface area contributed by atoms with Gasteiger partial charge in [-0.3, -0.25) is 14.7 Å². The fraction of sp³-hybridized carbons (Fsp3) is 0.625. The Balaban J connectivity index is 1.81. The van der Waals surface area contributed by atoms with Gasteiger partial charge in [-0.15, -0.1) is 0 Å². The average Bonchev–Trinajstić information content (AvgIpc) is 2.86. The van der Waals surface area contributed by atoms with Gasteiger partial charge in [-0.25, -0.2) is 0 Å². The Labute approximate surface area is 131 Å². The number of hydrogen-bond acceptors (Lipinski definition) is 5. The second kappa shape index (κ2) is 7.67. The maximum absolute atomic E-state index is 13.1. The van der Waals surface area contributed by atoms with E-state index in [4.69, 9.17) is 9.47 Å². The van der Waals surface area contributed by atoms with Crippen molar-refractivity contribution in [3.63, 3.8) is 0 Å². The molecule has 3 heterocycles. The van der Waals surface area contributed by atoms with Crippen molar-refractivity contribution in [1.29, 1.82) is 0 Å². The maximum Gasteiger partial charge on any atom is 0.244 e. The minimum Gasteiger partial charge on any atom is -0.380 e. The number of nitrogens with zero attached hydrogens (tertiary/aromatic N) is 3. The van der Waals surface area contributed by atoms with E-state index in [1.165, 1.54) is 0 Å². The molecule has 0 saturated carbocycles. The molecule has 0 bridgehead atoms. The first-order chi connectivity index (χ1) is 10.9. The molecule has 120 valence electrons. The van der Waals surface area contributed by atoms with Crippen molar-refractivity contribution in [2.24, 2.45) is 0 Å². The zero-order valence-corrected chi connectivity index (χ0v) is 12.8. The summed E-state index contributed by atoms with van der Waals surface area (Å²) in [5.41, 5.74) is 0.958. The van der Waals surface area contributed by atoms with Gasteiger partial charge >= 0.3 is 0 Å². The largest absolute Gasteiger partial charge is 0.380 e. The Morgan fingerprint density at radius 3 is 2.64 bits per heavy atom. The van der Waals surface area contributed by atoms with Crippen LogP contribution in [-0.4, -0.2) is 73.3 Å². The SMILES string of the molecule is O=C(C(c1cccnc1)N1CCOCC1)N1CCCOCC1. The second-order valence-electron chi connectivity index (χ2n) is 5.63. The van der Waals surface area contributed by atoms with E-state index in [0.29, 0.717) is 26.4 Å². The minimum atomic E-state index is -0.268. The summed E-state index contributed by atoms with van der Waals surface area (Å²) in [6.45, 7) is 5.68. The number of amides is 1. The first-order valence-corrected chi connectivity index (χ1v) is 7.94. The van der Waals surface area contributed by atoms with Crippen LogP contribution in [0.2, 0.25) is 0 Å². The molecule has 3 rings (SSSR count). The Bertz CT molecular complexity index is 469. The van der Waals surface area contributed by atoms with Crippen LogP contribution in [0, 0.1) is 0 Å². The summed E-state index contributed by atoms with van der Waals surface area (Å²) in [5, 5.41) is 0. The van der Waals surface area contributed by atoms with E-state index in [-0.39, 0.29) is 11.9 Å². The van der Waals surface area contributed by atoms with Crippen LogP contribution in [0.5, 0.6) is 0 Å². The van der Waals surface area contributed by atoms with Crippen molar-refractivity contribution >= 4 is 5.91 Å². The zero-order valence-electron chi connectivity index (χ0n) is 12.8. The van der Waals surface area contributed by atoms with Gasteiger partial charge < -0.3 is 14.4 Å². The third-order valence-electron chi connectivity index (χ3n) is 4.18. The number of carbonyl (C=O) groups excluding carboxylic acids is 1. The summed E-state index contributed by atoms with van der Waals surface area (Å²) >= 11 is 0. The highest BCUT2D eigenvalue weighted by Gasteiger charge is 2.32. The van der Waals surface area contributed by atoms with Gasteiger partial charge in [0.05, 0.1) is 19.8 Å². The molecular weight excluding hydrogens is 282 g/mol. The zero-order chi connectivity index (χ0) is 15.2. The molecule has 1 aromatic rings. The summed E-state index contributed by atoms with van der Waals surface area (Å²) in [5.74, 6) is 0.153. The summed E-state index contributed by atoms with van der Waals surface area (Å²) in [6, 6.07) is 3.61. The highest BCUT2D eigenvalue weighted by Crippen LogP contribution is 2.24. The molecule has 2 aliphatic rings. The average molecular weight is 305 g/mol. The Kier molecular flexibility index (Phi) is 5.37. The van der Waals surface area contributed by atoms with Crippen molar-refractivity contribution in [3.05, 3.63) is 30.1 Å². The van der Waals surface area contributed by atoms with E-state index in [1.807, 2.05) is 17.0 Å². The normalized spacial score (nSPS) is 22.1. The molecule has 0 spiro atoms. The summed E-state index contributed by atoms with van der Waals surface area (Å²) in [4.78, 5) is 21.4. The van der Waals surface area contributed by atoms with Gasteiger partial charge in [0.1, 0.15) is 6.04 Å². The maximum atomic E-state index is 13.1. The van der Waals surface area contributed by atoms with Crippen LogP contribution in [0.15, 0.2) is 24.5 Å².